The van der Waals surface area contributed by atoms with E-state index in [1.165, 1.54) is 22.9 Å². The SMILES string of the molecule is C#Cc1ccc2cc(S(=O)(=O)N3CCN(C(=O)c4ncc(-c5cccc[n+]5[O-])cn4)C(CN4CCCC4=O)C3)sc2c1. The number of nitrogens with zero attached hydrogens (tertiary/aromatic N) is 6. The Kier molecular flexibility index (Phi) is 7.36. The predicted molar refractivity (Wildman–Crippen MR) is 156 cm³/mol. The molecule has 11 nitrogen and oxygen atoms in total. The largest absolute Gasteiger partial charge is 0.618 e. The van der Waals surface area contributed by atoms with Crippen molar-refractivity contribution in [2.24, 2.45) is 0 Å². The van der Waals surface area contributed by atoms with Crippen molar-refractivity contribution in [1.82, 2.24) is 24.1 Å². The number of fused-ring (bicyclic) bond motifs is 1. The van der Waals surface area contributed by atoms with Gasteiger partial charge in [0.2, 0.25) is 17.4 Å². The summed E-state index contributed by atoms with van der Waals surface area (Å²) < 4.78 is 30.6. The minimum absolute atomic E-state index is 0.0139. The molecular weight excluding hydrogens is 576 g/mol. The van der Waals surface area contributed by atoms with E-state index in [0.29, 0.717) is 40.9 Å². The molecule has 1 aromatic carbocycles. The topological polar surface area (TPSA) is 131 Å². The van der Waals surface area contributed by atoms with E-state index in [1.807, 2.05) is 0 Å². The van der Waals surface area contributed by atoms with E-state index in [1.54, 1.807) is 52.3 Å². The highest BCUT2D eigenvalue weighted by atomic mass is 32.2. The second-order valence-corrected chi connectivity index (χ2v) is 13.4. The number of hydrogen-bond donors (Lipinski definition) is 0. The molecule has 4 aromatic rings. The van der Waals surface area contributed by atoms with E-state index in [-0.39, 0.29) is 42.1 Å². The molecule has 0 bridgehead atoms. The van der Waals surface area contributed by atoms with Gasteiger partial charge in [-0.3, -0.25) is 9.59 Å². The van der Waals surface area contributed by atoms with Crippen molar-refractivity contribution in [2.45, 2.75) is 23.1 Å². The molecule has 2 aliphatic rings. The Bertz CT molecular complexity index is 1830. The van der Waals surface area contributed by atoms with E-state index in [9.17, 15) is 23.2 Å². The lowest BCUT2D eigenvalue weighted by molar-refractivity contribution is -0.593. The highest BCUT2D eigenvalue weighted by molar-refractivity contribution is 7.91. The Morgan fingerprint density at radius 1 is 1.14 bits per heavy atom. The molecule has 0 saturated carbocycles. The molecule has 1 atom stereocenters. The monoisotopic (exact) mass is 602 g/mol. The van der Waals surface area contributed by atoms with Gasteiger partial charge in [0.05, 0.1) is 11.6 Å². The van der Waals surface area contributed by atoms with Crippen LogP contribution >= 0.6 is 11.3 Å². The molecule has 0 aliphatic carbocycles. The molecule has 13 heteroatoms. The van der Waals surface area contributed by atoms with Gasteiger partial charge in [-0.1, -0.05) is 12.0 Å². The van der Waals surface area contributed by atoms with Gasteiger partial charge in [-0.2, -0.15) is 9.04 Å². The first-order valence-corrected chi connectivity index (χ1v) is 15.6. The van der Waals surface area contributed by atoms with Crippen LogP contribution in [0.2, 0.25) is 0 Å². The second kappa shape index (κ2) is 11.1. The maximum Gasteiger partial charge on any atom is 0.292 e. The maximum absolute atomic E-state index is 13.8. The van der Waals surface area contributed by atoms with E-state index >= 15 is 0 Å². The Morgan fingerprint density at radius 2 is 1.95 bits per heavy atom. The smallest absolute Gasteiger partial charge is 0.292 e. The molecule has 2 saturated heterocycles. The average molecular weight is 603 g/mol. The summed E-state index contributed by atoms with van der Waals surface area (Å²) in [5.41, 5.74) is 1.47. The van der Waals surface area contributed by atoms with Crippen LogP contribution in [0.25, 0.3) is 21.3 Å². The van der Waals surface area contributed by atoms with Crippen LogP contribution in [-0.4, -0.2) is 83.1 Å². The van der Waals surface area contributed by atoms with Gasteiger partial charge in [-0.25, -0.2) is 18.4 Å². The number of aromatic nitrogens is 3. The van der Waals surface area contributed by atoms with Crippen molar-refractivity contribution in [3.8, 4) is 23.6 Å². The fourth-order valence-corrected chi connectivity index (χ4v) is 8.38. The predicted octanol–water partition coefficient (Wildman–Crippen LogP) is 2.11. The summed E-state index contributed by atoms with van der Waals surface area (Å²) in [6.07, 6.45) is 10.8. The van der Waals surface area contributed by atoms with Crippen molar-refractivity contribution < 1.29 is 22.7 Å². The molecule has 5 heterocycles. The molecule has 0 spiro atoms. The van der Waals surface area contributed by atoms with Crippen molar-refractivity contribution in [1.29, 1.82) is 0 Å². The number of terminal acetylenes is 1. The summed E-state index contributed by atoms with van der Waals surface area (Å²) in [6, 6.07) is 11.3. The zero-order valence-corrected chi connectivity index (χ0v) is 24.1. The first-order chi connectivity index (χ1) is 20.2. The number of amides is 2. The summed E-state index contributed by atoms with van der Waals surface area (Å²) in [6.45, 7) is 0.935. The molecule has 0 radical (unpaired) electrons. The molecular formula is C29H26N6O5S2. The van der Waals surface area contributed by atoms with Crippen LogP contribution in [0.5, 0.6) is 0 Å². The summed E-state index contributed by atoms with van der Waals surface area (Å²) in [4.78, 5) is 37.8. The van der Waals surface area contributed by atoms with Crippen molar-refractivity contribution >= 4 is 43.3 Å². The Balaban J connectivity index is 1.26. The molecule has 214 valence electrons. The second-order valence-electron chi connectivity index (χ2n) is 10.1. The maximum atomic E-state index is 13.8. The Labute approximate surface area is 246 Å². The number of benzene rings is 1. The van der Waals surface area contributed by atoms with Crippen LogP contribution in [0.4, 0.5) is 0 Å². The van der Waals surface area contributed by atoms with Crippen LogP contribution < -0.4 is 4.73 Å². The van der Waals surface area contributed by atoms with Gasteiger partial charge in [0, 0.05) is 73.9 Å². The summed E-state index contributed by atoms with van der Waals surface area (Å²) in [5, 5.41) is 12.9. The van der Waals surface area contributed by atoms with Gasteiger partial charge in [-0.05, 0) is 36.1 Å². The van der Waals surface area contributed by atoms with Gasteiger partial charge in [0.25, 0.3) is 15.9 Å². The number of sulfonamides is 1. The lowest BCUT2D eigenvalue weighted by atomic mass is 10.1. The lowest BCUT2D eigenvalue weighted by Crippen LogP contribution is -2.60. The molecule has 3 aromatic heterocycles. The first kappa shape index (κ1) is 27.8. The van der Waals surface area contributed by atoms with Gasteiger partial charge < -0.3 is 15.0 Å². The summed E-state index contributed by atoms with van der Waals surface area (Å²) in [5.74, 6) is 2.00. The number of carbonyl (C=O) groups is 2. The van der Waals surface area contributed by atoms with Crippen molar-refractivity contribution in [2.75, 3.05) is 32.7 Å². The van der Waals surface area contributed by atoms with Crippen LogP contribution in [0.1, 0.15) is 29.0 Å². The number of thiophene rings is 1. The van der Waals surface area contributed by atoms with Gasteiger partial charge in [-0.15, -0.1) is 17.8 Å². The zero-order chi connectivity index (χ0) is 29.4. The van der Waals surface area contributed by atoms with Crippen LogP contribution in [0.3, 0.4) is 0 Å². The normalized spacial score (nSPS) is 18.0. The number of pyridine rings is 1. The van der Waals surface area contributed by atoms with Crippen molar-refractivity contribution in [3.63, 3.8) is 0 Å². The third kappa shape index (κ3) is 5.20. The lowest BCUT2D eigenvalue weighted by Gasteiger charge is -2.41. The molecule has 1 unspecified atom stereocenters. The van der Waals surface area contributed by atoms with Gasteiger partial charge in [0.15, 0.2) is 6.20 Å². The number of carbonyl (C=O) groups excluding carboxylic acids is 2. The fourth-order valence-electron chi connectivity index (χ4n) is 5.32. The zero-order valence-electron chi connectivity index (χ0n) is 22.4. The van der Waals surface area contributed by atoms with Crippen molar-refractivity contribution in [3.05, 3.63) is 77.7 Å². The highest BCUT2D eigenvalue weighted by Gasteiger charge is 2.39. The van der Waals surface area contributed by atoms with E-state index < -0.39 is 22.0 Å². The number of piperazine rings is 1. The Morgan fingerprint density at radius 3 is 2.67 bits per heavy atom. The molecule has 2 fully saturated rings. The minimum atomic E-state index is -3.88. The van der Waals surface area contributed by atoms with E-state index in [0.717, 1.165) is 21.4 Å². The standard InChI is InChI=1S/C29H26N6O5S2/c1-2-20-8-9-21-15-27(41-25(21)14-20)42(39,40)33-12-13-34(23(19-33)18-32-10-5-7-26(32)36)29(37)28-30-16-22(17-31-28)24-6-3-4-11-35(24)38/h1,3-4,6,8-9,11,14-17,23H,5,7,10,12-13,18-19H2. The quantitative estimate of drug-likeness (QED) is 0.188. The number of likely N-dealkylation sites (tertiary alicyclic amines) is 1. The fraction of sp³-hybridized carbons (Fsp3) is 0.276. The average Bonchev–Trinajstić information content (AvgIpc) is 3.63. The molecule has 0 N–H and O–H groups in total. The molecule has 2 amide bonds. The molecule has 2 aliphatic heterocycles. The van der Waals surface area contributed by atoms with Gasteiger partial charge in [0.1, 0.15) is 4.21 Å². The van der Waals surface area contributed by atoms with Crippen LogP contribution in [0.15, 0.2) is 65.3 Å². The van der Waals surface area contributed by atoms with Gasteiger partial charge >= 0.3 is 0 Å². The summed E-state index contributed by atoms with van der Waals surface area (Å²) in [7, 11) is -3.88. The van der Waals surface area contributed by atoms with E-state index in [4.69, 9.17) is 6.42 Å². The first-order valence-electron chi connectivity index (χ1n) is 13.3. The highest BCUT2D eigenvalue weighted by Crippen LogP contribution is 2.33. The molecule has 6 rings (SSSR count). The van der Waals surface area contributed by atoms with Crippen LogP contribution in [0, 0.1) is 17.6 Å². The third-order valence-electron chi connectivity index (χ3n) is 7.53. The minimum Gasteiger partial charge on any atom is -0.618 e. The number of hydrogen-bond acceptors (Lipinski definition) is 8. The molecule has 42 heavy (non-hydrogen) atoms. The Hall–Kier alpha value is -4.38. The summed E-state index contributed by atoms with van der Waals surface area (Å²) >= 11 is 1.15. The number of rotatable bonds is 6. The third-order valence-corrected chi connectivity index (χ3v) is 10.9. The van der Waals surface area contributed by atoms with Crippen LogP contribution in [-0.2, 0) is 14.8 Å². The van der Waals surface area contributed by atoms with E-state index in [2.05, 4.69) is 15.9 Å².